The van der Waals surface area contributed by atoms with Crippen molar-refractivity contribution in [2.24, 2.45) is 11.7 Å². The van der Waals surface area contributed by atoms with E-state index in [1.807, 2.05) is 12.1 Å². The minimum Gasteiger partial charge on any atom is -0.356 e. The van der Waals surface area contributed by atoms with Crippen molar-refractivity contribution in [3.05, 3.63) is 47.3 Å². The molecule has 2 fully saturated rings. The fourth-order valence-electron chi connectivity index (χ4n) is 5.46. The van der Waals surface area contributed by atoms with Crippen LogP contribution in [0.2, 0.25) is 0 Å². The molecule has 0 aliphatic carbocycles. The van der Waals surface area contributed by atoms with E-state index in [0.29, 0.717) is 70.3 Å². The van der Waals surface area contributed by atoms with Gasteiger partial charge >= 0.3 is 6.18 Å². The molecule has 0 bridgehead atoms. The first-order valence-electron chi connectivity index (χ1n) is 14.4. The van der Waals surface area contributed by atoms with E-state index >= 15 is 0 Å². The molecule has 1 atom stereocenters. The summed E-state index contributed by atoms with van der Waals surface area (Å²) in [5.41, 5.74) is 6.82. The van der Waals surface area contributed by atoms with Gasteiger partial charge in [-0.25, -0.2) is 23.1 Å². The lowest BCUT2D eigenvalue weighted by molar-refractivity contribution is -0.144. The third-order valence-electron chi connectivity index (χ3n) is 7.80. The molecule has 0 unspecified atom stereocenters. The Balaban J connectivity index is 1.39. The van der Waals surface area contributed by atoms with Gasteiger partial charge in [-0.3, -0.25) is 4.79 Å². The van der Waals surface area contributed by atoms with E-state index in [1.54, 1.807) is 21.9 Å². The number of amides is 1. The lowest BCUT2D eigenvalue weighted by Gasteiger charge is -2.34. The van der Waals surface area contributed by atoms with Gasteiger partial charge in [-0.05, 0) is 62.1 Å². The Morgan fingerprint density at radius 1 is 1.07 bits per heavy atom. The van der Waals surface area contributed by atoms with Gasteiger partial charge in [0, 0.05) is 45.3 Å². The molecule has 2 aliphatic rings. The summed E-state index contributed by atoms with van der Waals surface area (Å²) < 4.78 is 67.8. The molecular weight excluding hydrogens is 585 g/mol. The second-order valence-corrected chi connectivity index (χ2v) is 12.8. The monoisotopic (exact) mass is 622 g/mol. The average molecular weight is 623 g/mol. The first kappa shape index (κ1) is 32.4. The summed E-state index contributed by atoms with van der Waals surface area (Å²) in [5, 5.41) is 11.8. The first-order chi connectivity index (χ1) is 20.5. The molecule has 4 rings (SSSR count). The Hall–Kier alpha value is -3.48. The van der Waals surface area contributed by atoms with Gasteiger partial charge in [-0.2, -0.15) is 18.4 Å². The Kier molecular flexibility index (Phi) is 10.8. The Bertz CT molecular complexity index is 1390. The Morgan fingerprint density at radius 3 is 2.42 bits per heavy atom. The van der Waals surface area contributed by atoms with Crippen LogP contribution in [0.5, 0.6) is 0 Å². The van der Waals surface area contributed by atoms with Crippen molar-refractivity contribution >= 4 is 27.6 Å². The van der Waals surface area contributed by atoms with Crippen LogP contribution in [0.3, 0.4) is 0 Å². The van der Waals surface area contributed by atoms with Gasteiger partial charge in [-0.15, -0.1) is 0 Å². The zero-order valence-electron chi connectivity index (χ0n) is 23.8. The van der Waals surface area contributed by atoms with E-state index in [9.17, 15) is 26.4 Å². The third-order valence-corrected chi connectivity index (χ3v) is 9.22. The zero-order valence-corrected chi connectivity index (χ0v) is 24.6. The molecule has 2 aromatic rings. The number of nitrogens with one attached hydrogen (secondary N) is 2. The summed E-state index contributed by atoms with van der Waals surface area (Å²) >= 11 is 0. The summed E-state index contributed by atoms with van der Waals surface area (Å²) in [4.78, 5) is 24.2. The molecule has 0 spiro atoms. The molecule has 11 nitrogen and oxygen atoms in total. The molecule has 4 N–H and O–H groups in total. The van der Waals surface area contributed by atoms with Crippen molar-refractivity contribution in [3.8, 4) is 6.07 Å². The van der Waals surface area contributed by atoms with Gasteiger partial charge < -0.3 is 20.9 Å². The maximum absolute atomic E-state index is 13.9. The van der Waals surface area contributed by atoms with E-state index in [2.05, 4.69) is 26.1 Å². The summed E-state index contributed by atoms with van der Waals surface area (Å²) in [6.07, 6.45) is -1.12. The highest BCUT2D eigenvalue weighted by Gasteiger charge is 2.39. The number of piperidine rings is 1. The number of hydrogen-bond acceptors (Lipinski definition) is 9. The van der Waals surface area contributed by atoms with Crippen LogP contribution in [0, 0.1) is 17.2 Å². The van der Waals surface area contributed by atoms with Crippen LogP contribution in [-0.4, -0.2) is 75.4 Å². The standard InChI is InChI=1S/C28H37F3N8O3S/c29-28(30,31)27-36-24(38-15-9-21(10-16-38)8-13-35-43(41,42)17-11-32)18-25(37-27)39-14-1-2-23(39)26(40)34-12-7-20-3-5-22(19-33)6-4-20/h3-6,18,21,23,35H,1-2,7-17,32H2,(H,34,40)/t23-/m0/s1. The number of nitrogens with two attached hydrogens (primary N) is 1. The highest BCUT2D eigenvalue weighted by atomic mass is 32.2. The number of alkyl halides is 3. The number of halogens is 3. The number of rotatable bonds is 12. The first-order valence-corrected chi connectivity index (χ1v) is 16.1. The van der Waals surface area contributed by atoms with Crippen molar-refractivity contribution in [2.45, 2.75) is 50.7 Å². The Morgan fingerprint density at radius 2 is 1.77 bits per heavy atom. The number of carbonyl (C=O) groups is 1. The minimum absolute atomic E-state index is 0.0390. The molecule has 234 valence electrons. The molecule has 0 saturated carbocycles. The smallest absolute Gasteiger partial charge is 0.356 e. The fraction of sp³-hybridized carbons (Fsp3) is 0.571. The van der Waals surface area contributed by atoms with Gasteiger partial charge in [0.1, 0.15) is 17.7 Å². The number of sulfonamides is 1. The van der Waals surface area contributed by atoms with Crippen LogP contribution >= 0.6 is 0 Å². The van der Waals surface area contributed by atoms with Gasteiger partial charge in [0.2, 0.25) is 21.8 Å². The summed E-state index contributed by atoms with van der Waals surface area (Å²) in [6.45, 7) is 2.00. The molecular formula is C28H37F3N8O3S. The third kappa shape index (κ3) is 9.01. The van der Waals surface area contributed by atoms with E-state index in [1.165, 1.54) is 6.07 Å². The van der Waals surface area contributed by atoms with Crippen LogP contribution in [0.1, 0.15) is 49.1 Å². The molecule has 1 aromatic carbocycles. The summed E-state index contributed by atoms with van der Waals surface area (Å²) in [7, 11) is -3.40. The van der Waals surface area contributed by atoms with Crippen LogP contribution < -0.4 is 25.6 Å². The number of nitriles is 1. The summed E-state index contributed by atoms with van der Waals surface area (Å²) in [5.74, 6) is -1.21. The SMILES string of the molecule is N#Cc1ccc(CCNC(=O)[C@@H]2CCCN2c2cc(N3CCC(CCNS(=O)(=O)CCN)CC3)nc(C(F)(F)F)n2)cc1. The molecule has 43 heavy (non-hydrogen) atoms. The van der Waals surface area contributed by atoms with E-state index in [-0.39, 0.29) is 42.3 Å². The average Bonchev–Trinajstić information content (AvgIpc) is 3.47. The van der Waals surface area contributed by atoms with Crippen molar-refractivity contribution in [1.29, 1.82) is 5.26 Å². The van der Waals surface area contributed by atoms with Crippen molar-refractivity contribution < 1.29 is 26.4 Å². The second kappa shape index (κ2) is 14.3. The molecule has 1 amide bonds. The molecule has 3 heterocycles. The highest BCUT2D eigenvalue weighted by molar-refractivity contribution is 7.89. The summed E-state index contributed by atoms with van der Waals surface area (Å²) in [6, 6.07) is 9.98. The second-order valence-electron chi connectivity index (χ2n) is 10.8. The molecule has 2 saturated heterocycles. The fourth-order valence-corrected chi connectivity index (χ4v) is 6.35. The van der Waals surface area contributed by atoms with Gasteiger partial charge in [0.05, 0.1) is 17.4 Å². The predicted molar refractivity (Wildman–Crippen MR) is 156 cm³/mol. The quantitative estimate of drug-likeness (QED) is 0.323. The highest BCUT2D eigenvalue weighted by Crippen LogP contribution is 2.34. The van der Waals surface area contributed by atoms with Crippen LogP contribution in [0.25, 0.3) is 0 Å². The van der Waals surface area contributed by atoms with Crippen LogP contribution in [0.15, 0.2) is 30.3 Å². The number of carbonyl (C=O) groups excluding carboxylic acids is 1. The lowest BCUT2D eigenvalue weighted by atomic mass is 9.94. The lowest BCUT2D eigenvalue weighted by Crippen LogP contribution is -2.44. The van der Waals surface area contributed by atoms with Crippen LogP contribution in [0.4, 0.5) is 24.8 Å². The minimum atomic E-state index is -4.76. The van der Waals surface area contributed by atoms with Gasteiger partial charge in [0.25, 0.3) is 0 Å². The van der Waals surface area contributed by atoms with E-state index in [4.69, 9.17) is 11.0 Å². The van der Waals surface area contributed by atoms with Crippen molar-refractivity contribution in [3.63, 3.8) is 0 Å². The molecule has 15 heteroatoms. The van der Waals surface area contributed by atoms with E-state index < -0.39 is 28.1 Å². The largest absolute Gasteiger partial charge is 0.451 e. The number of benzene rings is 1. The van der Waals surface area contributed by atoms with Crippen molar-refractivity contribution in [2.75, 3.05) is 54.8 Å². The number of hydrogen-bond donors (Lipinski definition) is 3. The number of anilines is 2. The maximum atomic E-state index is 13.9. The maximum Gasteiger partial charge on any atom is 0.451 e. The molecule has 0 radical (unpaired) electrons. The Labute approximate surface area is 249 Å². The van der Waals surface area contributed by atoms with Gasteiger partial charge in [0.15, 0.2) is 0 Å². The number of aromatic nitrogens is 2. The molecule has 1 aromatic heterocycles. The van der Waals surface area contributed by atoms with Crippen molar-refractivity contribution in [1.82, 2.24) is 20.0 Å². The van der Waals surface area contributed by atoms with Crippen LogP contribution in [-0.2, 0) is 27.4 Å². The normalized spacial score (nSPS) is 18.1. The number of nitrogens with zero attached hydrogens (tertiary/aromatic N) is 5. The predicted octanol–water partition coefficient (Wildman–Crippen LogP) is 2.18. The van der Waals surface area contributed by atoms with Gasteiger partial charge in [-0.1, -0.05) is 12.1 Å². The molecule has 2 aliphatic heterocycles. The zero-order chi connectivity index (χ0) is 31.0. The topological polar surface area (TPSA) is 157 Å². The van der Waals surface area contributed by atoms with E-state index in [0.717, 1.165) is 5.56 Å².